The maximum atomic E-state index is 13.8. The van der Waals surface area contributed by atoms with Gasteiger partial charge in [0.15, 0.2) is 0 Å². The number of carbonyl (C=O) groups is 1. The van der Waals surface area contributed by atoms with Crippen molar-refractivity contribution in [2.75, 3.05) is 48.5 Å². The molecule has 10 nitrogen and oxygen atoms in total. The number of ether oxygens (including phenoxy) is 1. The van der Waals surface area contributed by atoms with Gasteiger partial charge >= 0.3 is 0 Å². The van der Waals surface area contributed by atoms with Crippen molar-refractivity contribution >= 4 is 34.3 Å². The molecule has 1 saturated heterocycles. The van der Waals surface area contributed by atoms with E-state index in [2.05, 4.69) is 25.2 Å². The number of hydrogen-bond acceptors (Lipinski definition) is 8. The monoisotopic (exact) mass is 463 g/mol. The van der Waals surface area contributed by atoms with E-state index in [0.29, 0.717) is 60.2 Å². The van der Waals surface area contributed by atoms with Crippen LogP contribution in [0.15, 0.2) is 35.5 Å². The second kappa shape index (κ2) is 9.38. The van der Waals surface area contributed by atoms with E-state index in [9.17, 15) is 9.59 Å². The van der Waals surface area contributed by atoms with Crippen molar-refractivity contribution in [3.63, 3.8) is 0 Å². The zero-order chi connectivity index (χ0) is 23.7. The molecule has 178 valence electrons. The van der Waals surface area contributed by atoms with Crippen LogP contribution in [0.2, 0.25) is 0 Å². The molecule has 0 radical (unpaired) electrons. The summed E-state index contributed by atoms with van der Waals surface area (Å²) in [5.41, 5.74) is 1.52. The number of aromatic nitrogens is 4. The molecule has 0 unspecified atom stereocenters. The highest BCUT2D eigenvalue weighted by atomic mass is 16.5. The van der Waals surface area contributed by atoms with Gasteiger partial charge in [-0.25, -0.2) is 9.97 Å². The zero-order valence-corrected chi connectivity index (χ0v) is 19.5. The summed E-state index contributed by atoms with van der Waals surface area (Å²) in [6, 6.07) is 5.58. The first-order valence-corrected chi connectivity index (χ1v) is 11.8. The SMILES string of the molecule is CCNc1ncc2c(n1)N1CCC[C@H]1CN(c1cccc3c(=O)n(CCCOC)cnc13)C2=O. The summed E-state index contributed by atoms with van der Waals surface area (Å²) in [4.78, 5) is 44.5. The molecule has 0 bridgehead atoms. The lowest BCUT2D eigenvalue weighted by Crippen LogP contribution is -2.40. The number of carbonyl (C=O) groups excluding carboxylic acids is 1. The van der Waals surface area contributed by atoms with Crippen molar-refractivity contribution < 1.29 is 9.53 Å². The number of nitrogens with zero attached hydrogens (tertiary/aromatic N) is 6. The van der Waals surface area contributed by atoms with Gasteiger partial charge in [0.2, 0.25) is 5.95 Å². The van der Waals surface area contributed by atoms with Crippen molar-refractivity contribution in [1.29, 1.82) is 0 Å². The Kier molecular flexibility index (Phi) is 6.14. The number of hydrogen-bond donors (Lipinski definition) is 1. The highest BCUT2D eigenvalue weighted by Gasteiger charge is 2.38. The topological polar surface area (TPSA) is 105 Å². The Morgan fingerprint density at radius 2 is 2.12 bits per heavy atom. The summed E-state index contributed by atoms with van der Waals surface area (Å²) in [6.07, 6.45) is 5.89. The third-order valence-electron chi connectivity index (χ3n) is 6.49. The summed E-state index contributed by atoms with van der Waals surface area (Å²) in [7, 11) is 1.64. The number of anilines is 3. The van der Waals surface area contributed by atoms with Crippen LogP contribution in [0.25, 0.3) is 10.9 Å². The minimum atomic E-state index is -0.175. The summed E-state index contributed by atoms with van der Waals surface area (Å²) in [5.74, 6) is 1.02. The first kappa shape index (κ1) is 22.3. The molecule has 1 fully saturated rings. The van der Waals surface area contributed by atoms with Crippen LogP contribution in [0.3, 0.4) is 0 Å². The number of fused-ring (bicyclic) bond motifs is 4. The van der Waals surface area contributed by atoms with Crippen LogP contribution in [0.5, 0.6) is 0 Å². The average molecular weight is 464 g/mol. The van der Waals surface area contributed by atoms with Gasteiger partial charge in [-0.3, -0.25) is 14.2 Å². The summed E-state index contributed by atoms with van der Waals surface area (Å²) < 4.78 is 6.70. The van der Waals surface area contributed by atoms with Gasteiger partial charge in [-0.1, -0.05) is 6.07 Å². The predicted molar refractivity (Wildman–Crippen MR) is 131 cm³/mol. The van der Waals surface area contributed by atoms with E-state index in [1.54, 1.807) is 35.2 Å². The van der Waals surface area contributed by atoms with Gasteiger partial charge in [-0.05, 0) is 38.3 Å². The van der Waals surface area contributed by atoms with Gasteiger partial charge in [0.1, 0.15) is 16.9 Å². The van der Waals surface area contributed by atoms with Crippen LogP contribution in [0.4, 0.5) is 17.5 Å². The lowest BCUT2D eigenvalue weighted by Gasteiger charge is -2.27. The largest absolute Gasteiger partial charge is 0.385 e. The Bertz CT molecular complexity index is 1280. The molecule has 5 rings (SSSR count). The highest BCUT2D eigenvalue weighted by molar-refractivity contribution is 6.13. The predicted octanol–water partition coefficient (Wildman–Crippen LogP) is 2.28. The molecule has 2 aromatic heterocycles. The van der Waals surface area contributed by atoms with Crippen molar-refractivity contribution in [2.45, 2.75) is 38.8 Å². The molecule has 0 aliphatic carbocycles. The summed E-state index contributed by atoms with van der Waals surface area (Å²) in [6.45, 7) is 5.14. The van der Waals surface area contributed by atoms with Crippen LogP contribution < -0.4 is 20.7 Å². The summed E-state index contributed by atoms with van der Waals surface area (Å²) >= 11 is 0. The van der Waals surface area contributed by atoms with Gasteiger partial charge < -0.3 is 19.9 Å². The molecule has 1 atom stereocenters. The number of methoxy groups -OCH3 is 1. The van der Waals surface area contributed by atoms with E-state index < -0.39 is 0 Å². The normalized spacial score (nSPS) is 17.6. The number of benzene rings is 1. The molecular formula is C24H29N7O3. The number of para-hydroxylation sites is 1. The fourth-order valence-electron chi connectivity index (χ4n) is 4.87. The van der Waals surface area contributed by atoms with Crippen molar-refractivity contribution in [1.82, 2.24) is 19.5 Å². The Balaban J connectivity index is 1.58. The molecule has 0 saturated carbocycles. The molecular weight excluding hydrogens is 434 g/mol. The second-order valence-corrected chi connectivity index (χ2v) is 8.63. The number of amides is 1. The van der Waals surface area contributed by atoms with Crippen LogP contribution in [-0.4, -0.2) is 64.8 Å². The first-order chi connectivity index (χ1) is 16.6. The van der Waals surface area contributed by atoms with Crippen LogP contribution in [-0.2, 0) is 11.3 Å². The van der Waals surface area contributed by atoms with E-state index in [0.717, 1.165) is 25.8 Å². The fourth-order valence-corrected chi connectivity index (χ4v) is 4.87. The highest BCUT2D eigenvalue weighted by Crippen LogP contribution is 2.35. The van der Waals surface area contributed by atoms with Gasteiger partial charge in [0, 0.05) is 52.1 Å². The van der Waals surface area contributed by atoms with Crippen LogP contribution >= 0.6 is 0 Å². The number of aryl methyl sites for hydroxylation is 1. The molecule has 1 N–H and O–H groups in total. The lowest BCUT2D eigenvalue weighted by atomic mass is 10.1. The van der Waals surface area contributed by atoms with Crippen molar-refractivity contribution in [2.24, 2.45) is 0 Å². The quantitative estimate of drug-likeness (QED) is 0.532. The van der Waals surface area contributed by atoms with E-state index in [1.807, 2.05) is 19.1 Å². The minimum Gasteiger partial charge on any atom is -0.385 e. The van der Waals surface area contributed by atoms with Gasteiger partial charge in [-0.2, -0.15) is 4.98 Å². The maximum Gasteiger partial charge on any atom is 0.263 e. The fraction of sp³-hybridized carbons (Fsp3) is 0.458. The van der Waals surface area contributed by atoms with Crippen LogP contribution in [0, 0.1) is 0 Å². The van der Waals surface area contributed by atoms with E-state index in [1.165, 1.54) is 0 Å². The molecule has 0 spiro atoms. The minimum absolute atomic E-state index is 0.119. The molecule has 2 aliphatic heterocycles. The zero-order valence-electron chi connectivity index (χ0n) is 19.5. The smallest absolute Gasteiger partial charge is 0.263 e. The molecule has 4 heterocycles. The lowest BCUT2D eigenvalue weighted by molar-refractivity contribution is 0.0988. The third kappa shape index (κ3) is 3.87. The van der Waals surface area contributed by atoms with Gasteiger partial charge in [0.25, 0.3) is 11.5 Å². The summed E-state index contributed by atoms with van der Waals surface area (Å²) in [5, 5.41) is 3.64. The number of nitrogens with one attached hydrogen (secondary N) is 1. The molecule has 3 aromatic rings. The van der Waals surface area contributed by atoms with Gasteiger partial charge in [0.05, 0.1) is 17.4 Å². The van der Waals surface area contributed by atoms with Gasteiger partial charge in [-0.15, -0.1) is 0 Å². The Hall–Kier alpha value is -3.53. The van der Waals surface area contributed by atoms with Crippen molar-refractivity contribution in [3.8, 4) is 0 Å². The molecule has 1 amide bonds. The first-order valence-electron chi connectivity index (χ1n) is 11.8. The average Bonchev–Trinajstić information content (AvgIpc) is 3.28. The van der Waals surface area contributed by atoms with Crippen molar-refractivity contribution in [3.05, 3.63) is 46.6 Å². The van der Waals surface area contributed by atoms with Crippen LogP contribution in [0.1, 0.15) is 36.5 Å². The second-order valence-electron chi connectivity index (χ2n) is 8.63. The molecule has 10 heteroatoms. The number of rotatable bonds is 7. The maximum absolute atomic E-state index is 13.8. The molecule has 34 heavy (non-hydrogen) atoms. The Morgan fingerprint density at radius 1 is 1.24 bits per heavy atom. The Labute approximate surface area is 197 Å². The Morgan fingerprint density at radius 3 is 2.94 bits per heavy atom. The third-order valence-corrected chi connectivity index (χ3v) is 6.49. The molecule has 1 aromatic carbocycles. The van der Waals surface area contributed by atoms with E-state index in [-0.39, 0.29) is 17.5 Å². The molecule has 2 aliphatic rings. The standard InChI is InChI=1S/C24H29N7O3/c1-3-25-24-26-13-18-21(28-24)30-11-5-7-16(30)14-31(23(18)33)19-9-4-8-17-20(19)27-15-29(22(17)32)10-6-12-34-2/h4,8-9,13,15-16H,3,5-7,10-12,14H2,1-2H3,(H,25,26,28)/t16-/m0/s1. The van der Waals surface area contributed by atoms with E-state index >= 15 is 0 Å². The van der Waals surface area contributed by atoms with E-state index in [4.69, 9.17) is 4.74 Å².